The van der Waals surface area contributed by atoms with Crippen LogP contribution in [0.1, 0.15) is 42.3 Å². The second-order valence-electron chi connectivity index (χ2n) is 6.79. The van der Waals surface area contributed by atoms with Crippen molar-refractivity contribution in [3.8, 4) is 0 Å². The molecule has 0 aliphatic heterocycles. The molecule has 0 aliphatic rings. The number of anilines is 1. The van der Waals surface area contributed by atoms with Crippen molar-refractivity contribution in [3.63, 3.8) is 0 Å². The van der Waals surface area contributed by atoms with E-state index in [1.807, 2.05) is 32.8 Å². The van der Waals surface area contributed by atoms with Gasteiger partial charge in [-0.15, -0.1) is 0 Å². The molecule has 5 nitrogen and oxygen atoms in total. The van der Waals surface area contributed by atoms with Crippen molar-refractivity contribution in [1.82, 2.24) is 14.7 Å². The number of hydrogen-bond donors (Lipinski definition) is 1. The lowest BCUT2D eigenvalue weighted by molar-refractivity contribution is -0.117. The minimum atomic E-state index is -0.0181. The monoisotopic (exact) mass is 328 g/mol. The van der Waals surface area contributed by atoms with Crippen molar-refractivity contribution in [3.05, 3.63) is 46.8 Å². The van der Waals surface area contributed by atoms with Crippen molar-refractivity contribution in [1.29, 1.82) is 0 Å². The molecule has 0 fully saturated rings. The first kappa shape index (κ1) is 18.2. The number of aryl methyl sites for hydroxylation is 2. The number of amides is 1. The van der Waals surface area contributed by atoms with Gasteiger partial charge in [-0.05, 0) is 37.9 Å². The topological polar surface area (TPSA) is 50.2 Å². The summed E-state index contributed by atoms with van der Waals surface area (Å²) < 4.78 is 1.78. The average Bonchev–Trinajstić information content (AvgIpc) is 2.74. The van der Waals surface area contributed by atoms with Crippen LogP contribution in [0.5, 0.6) is 0 Å². The van der Waals surface area contributed by atoms with E-state index in [9.17, 15) is 4.79 Å². The Morgan fingerprint density at radius 1 is 1.25 bits per heavy atom. The number of likely N-dealkylation sites (N-methyl/N-ethyl adjacent to an activating group) is 1. The van der Waals surface area contributed by atoms with Crippen LogP contribution in [0.25, 0.3) is 0 Å². The summed E-state index contributed by atoms with van der Waals surface area (Å²) in [7, 11) is 3.84. The van der Waals surface area contributed by atoms with Crippen LogP contribution in [0.4, 0.5) is 5.69 Å². The van der Waals surface area contributed by atoms with E-state index in [0.29, 0.717) is 12.5 Å². The van der Waals surface area contributed by atoms with Crippen LogP contribution in [0, 0.1) is 13.8 Å². The maximum Gasteiger partial charge on any atom is 0.238 e. The summed E-state index contributed by atoms with van der Waals surface area (Å²) in [6.45, 7) is 9.33. The molecule has 1 aromatic carbocycles. The van der Waals surface area contributed by atoms with Crippen LogP contribution in [0.2, 0.25) is 0 Å². The molecule has 0 atom stereocenters. The van der Waals surface area contributed by atoms with E-state index in [-0.39, 0.29) is 5.91 Å². The number of carbonyl (C=O) groups excluding carboxylic acids is 1. The van der Waals surface area contributed by atoms with Crippen LogP contribution < -0.4 is 5.32 Å². The van der Waals surface area contributed by atoms with E-state index in [1.165, 1.54) is 11.1 Å². The van der Waals surface area contributed by atoms with Crippen LogP contribution in [-0.4, -0.2) is 34.2 Å². The Kier molecular flexibility index (Phi) is 5.78. The summed E-state index contributed by atoms with van der Waals surface area (Å²) in [5.74, 6) is 0.518. The van der Waals surface area contributed by atoms with Crippen molar-refractivity contribution in [2.45, 2.75) is 40.2 Å². The highest BCUT2D eigenvalue weighted by molar-refractivity contribution is 5.93. The molecule has 1 N–H and O–H groups in total. The smallest absolute Gasteiger partial charge is 0.238 e. The summed E-state index contributed by atoms with van der Waals surface area (Å²) >= 11 is 0. The van der Waals surface area contributed by atoms with E-state index < -0.39 is 0 Å². The van der Waals surface area contributed by atoms with Crippen LogP contribution in [0.15, 0.2) is 24.3 Å². The van der Waals surface area contributed by atoms with Gasteiger partial charge >= 0.3 is 0 Å². The normalized spacial score (nSPS) is 11.3. The molecule has 5 heteroatoms. The first-order valence-electron chi connectivity index (χ1n) is 8.35. The molecule has 0 radical (unpaired) electrons. The van der Waals surface area contributed by atoms with Gasteiger partial charge in [0.05, 0.1) is 23.6 Å². The molecule has 0 aliphatic carbocycles. The average molecular weight is 328 g/mol. The number of nitrogens with one attached hydrogen (secondary N) is 1. The quantitative estimate of drug-likeness (QED) is 0.886. The zero-order chi connectivity index (χ0) is 17.9. The van der Waals surface area contributed by atoms with Crippen molar-refractivity contribution in [2.24, 2.45) is 7.05 Å². The van der Waals surface area contributed by atoms with Gasteiger partial charge in [-0.1, -0.05) is 38.1 Å². The number of nitrogens with zero attached hydrogens (tertiary/aromatic N) is 3. The zero-order valence-electron chi connectivity index (χ0n) is 15.6. The number of aromatic nitrogens is 2. The molecule has 1 heterocycles. The predicted molar refractivity (Wildman–Crippen MR) is 98.2 cm³/mol. The lowest BCUT2D eigenvalue weighted by atomic mass is 10.0. The molecule has 130 valence electrons. The highest BCUT2D eigenvalue weighted by Crippen LogP contribution is 2.18. The number of benzene rings is 1. The van der Waals surface area contributed by atoms with Gasteiger partial charge in [-0.3, -0.25) is 14.4 Å². The van der Waals surface area contributed by atoms with Crippen molar-refractivity contribution in [2.75, 3.05) is 18.9 Å². The Morgan fingerprint density at radius 2 is 1.88 bits per heavy atom. The lowest BCUT2D eigenvalue weighted by Gasteiger charge is -2.17. The van der Waals surface area contributed by atoms with E-state index in [0.717, 1.165) is 23.6 Å². The predicted octanol–water partition coefficient (Wildman–Crippen LogP) is 3.23. The fourth-order valence-electron chi connectivity index (χ4n) is 2.75. The third-order valence-corrected chi connectivity index (χ3v) is 4.29. The maximum atomic E-state index is 12.3. The zero-order valence-corrected chi connectivity index (χ0v) is 15.6. The Balaban J connectivity index is 1.91. The molecule has 0 unspecified atom stereocenters. The molecular weight excluding hydrogens is 300 g/mol. The van der Waals surface area contributed by atoms with Crippen LogP contribution in [-0.2, 0) is 18.4 Å². The third-order valence-electron chi connectivity index (χ3n) is 4.29. The Morgan fingerprint density at radius 3 is 2.38 bits per heavy atom. The Labute approximate surface area is 144 Å². The van der Waals surface area contributed by atoms with Crippen LogP contribution in [0.3, 0.4) is 0 Å². The molecule has 1 amide bonds. The first-order valence-corrected chi connectivity index (χ1v) is 8.35. The van der Waals surface area contributed by atoms with Gasteiger partial charge in [0, 0.05) is 13.6 Å². The summed E-state index contributed by atoms with van der Waals surface area (Å²) in [6.07, 6.45) is 0. The van der Waals surface area contributed by atoms with Crippen molar-refractivity contribution < 1.29 is 4.79 Å². The molecule has 0 spiro atoms. The van der Waals surface area contributed by atoms with Crippen molar-refractivity contribution >= 4 is 11.6 Å². The van der Waals surface area contributed by atoms with Gasteiger partial charge in [0.25, 0.3) is 0 Å². The van der Waals surface area contributed by atoms with E-state index >= 15 is 0 Å². The Bertz CT molecular complexity index is 701. The van der Waals surface area contributed by atoms with Gasteiger partial charge < -0.3 is 5.32 Å². The van der Waals surface area contributed by atoms with Gasteiger partial charge in [0.2, 0.25) is 5.91 Å². The highest BCUT2D eigenvalue weighted by atomic mass is 16.2. The fraction of sp³-hybridized carbons (Fsp3) is 0.474. The fourth-order valence-corrected chi connectivity index (χ4v) is 2.75. The largest absolute Gasteiger partial charge is 0.322 e. The van der Waals surface area contributed by atoms with Gasteiger partial charge in [-0.25, -0.2) is 0 Å². The van der Waals surface area contributed by atoms with E-state index in [2.05, 4.69) is 48.5 Å². The standard InChI is InChI=1S/C19H28N4O/c1-13(2)17-9-7-16(8-10-17)11-22(5)12-18(24)20-19-14(3)21-23(6)15(19)4/h7-10,13H,11-12H2,1-6H3,(H,20,24). The molecule has 0 bridgehead atoms. The first-order chi connectivity index (χ1) is 11.3. The SMILES string of the molecule is Cc1nn(C)c(C)c1NC(=O)CN(C)Cc1ccc(C(C)C)cc1. The maximum absolute atomic E-state index is 12.3. The highest BCUT2D eigenvalue weighted by Gasteiger charge is 2.14. The van der Waals surface area contributed by atoms with Gasteiger partial charge in [0.15, 0.2) is 0 Å². The number of rotatable bonds is 6. The van der Waals surface area contributed by atoms with Crippen LogP contribution >= 0.6 is 0 Å². The number of carbonyl (C=O) groups is 1. The van der Waals surface area contributed by atoms with E-state index in [1.54, 1.807) is 4.68 Å². The van der Waals surface area contributed by atoms with E-state index in [4.69, 9.17) is 0 Å². The molecule has 0 saturated heterocycles. The summed E-state index contributed by atoms with van der Waals surface area (Å²) in [6, 6.07) is 8.60. The van der Waals surface area contributed by atoms with Gasteiger partial charge in [-0.2, -0.15) is 5.10 Å². The molecule has 1 aromatic heterocycles. The molecule has 2 rings (SSSR count). The summed E-state index contributed by atoms with van der Waals surface area (Å²) in [5.41, 5.74) is 5.17. The lowest BCUT2D eigenvalue weighted by Crippen LogP contribution is -2.30. The molecule has 0 saturated carbocycles. The molecular formula is C19H28N4O. The van der Waals surface area contributed by atoms with Gasteiger partial charge in [0.1, 0.15) is 0 Å². The second-order valence-corrected chi connectivity index (χ2v) is 6.79. The Hall–Kier alpha value is -2.14. The third kappa shape index (κ3) is 4.45. The minimum Gasteiger partial charge on any atom is -0.322 e. The second kappa shape index (κ2) is 7.62. The summed E-state index contributed by atoms with van der Waals surface area (Å²) in [4.78, 5) is 14.3. The minimum absolute atomic E-state index is 0.0181. The molecule has 2 aromatic rings. The molecule has 24 heavy (non-hydrogen) atoms. The number of hydrogen-bond acceptors (Lipinski definition) is 3. The summed E-state index contributed by atoms with van der Waals surface area (Å²) in [5, 5.41) is 7.30.